The lowest BCUT2D eigenvalue weighted by Gasteiger charge is -2.26. The maximum atomic E-state index is 12.4. The summed E-state index contributed by atoms with van der Waals surface area (Å²) in [6, 6.07) is 0. The molecule has 1 heterocycles. The van der Waals surface area contributed by atoms with Crippen molar-refractivity contribution < 1.29 is 23.8 Å². The zero-order valence-corrected chi connectivity index (χ0v) is 13.6. The molecule has 5 heteroatoms. The van der Waals surface area contributed by atoms with Gasteiger partial charge in [0.05, 0.1) is 37.3 Å². The van der Waals surface area contributed by atoms with Crippen LogP contribution < -0.4 is 0 Å². The highest BCUT2D eigenvalue weighted by Gasteiger charge is 2.53. The first-order chi connectivity index (χ1) is 11.2. The Kier molecular flexibility index (Phi) is 4.31. The van der Waals surface area contributed by atoms with Crippen molar-refractivity contribution in [3.05, 3.63) is 0 Å². The number of hydrogen-bond donors (Lipinski definition) is 0. The third-order valence-corrected chi connectivity index (χ3v) is 5.69. The summed E-state index contributed by atoms with van der Waals surface area (Å²) in [4.78, 5) is 24.8. The molecule has 4 atom stereocenters. The van der Waals surface area contributed by atoms with Crippen LogP contribution >= 0.6 is 0 Å². The molecule has 0 aromatic carbocycles. The van der Waals surface area contributed by atoms with Crippen LogP contribution in [0.5, 0.6) is 0 Å². The molecule has 4 aliphatic rings. The van der Waals surface area contributed by atoms with Gasteiger partial charge in [-0.25, -0.2) is 0 Å². The number of rotatable bonds is 8. The van der Waals surface area contributed by atoms with Crippen LogP contribution in [-0.2, 0) is 23.8 Å². The molecule has 4 rings (SSSR count). The molecule has 5 nitrogen and oxygen atoms in total. The summed E-state index contributed by atoms with van der Waals surface area (Å²) in [5, 5.41) is 0. The number of fused-ring (bicyclic) bond motifs is 1. The van der Waals surface area contributed by atoms with Gasteiger partial charge in [-0.15, -0.1) is 0 Å². The largest absolute Gasteiger partial charge is 0.465 e. The first-order valence-corrected chi connectivity index (χ1v) is 9.19. The molecule has 4 unspecified atom stereocenters. The molecule has 23 heavy (non-hydrogen) atoms. The molecule has 0 aromatic heterocycles. The average Bonchev–Trinajstić information content (AvgIpc) is 3.39. The summed E-state index contributed by atoms with van der Waals surface area (Å²) in [5.41, 5.74) is 0. The zero-order valence-electron chi connectivity index (χ0n) is 13.6. The second-order valence-corrected chi connectivity index (χ2v) is 7.70. The van der Waals surface area contributed by atoms with Crippen molar-refractivity contribution >= 4 is 11.9 Å². The Hall–Kier alpha value is -1.10. The van der Waals surface area contributed by atoms with Crippen LogP contribution in [0.2, 0.25) is 0 Å². The van der Waals surface area contributed by atoms with Crippen LogP contribution in [0.25, 0.3) is 0 Å². The fraction of sp³-hybridized carbons (Fsp3) is 0.889. The van der Waals surface area contributed by atoms with Gasteiger partial charge in [-0.2, -0.15) is 0 Å². The lowest BCUT2D eigenvalue weighted by Crippen LogP contribution is -2.38. The second kappa shape index (κ2) is 6.42. The molecule has 0 radical (unpaired) electrons. The van der Waals surface area contributed by atoms with Crippen molar-refractivity contribution in [2.75, 3.05) is 13.2 Å². The smallest absolute Gasteiger partial charge is 0.309 e. The molecule has 0 bridgehead atoms. The Labute approximate surface area is 137 Å². The lowest BCUT2D eigenvalue weighted by atomic mass is 9.79. The minimum Gasteiger partial charge on any atom is -0.465 e. The summed E-state index contributed by atoms with van der Waals surface area (Å²) < 4.78 is 16.4. The van der Waals surface area contributed by atoms with Gasteiger partial charge in [-0.1, -0.05) is 25.7 Å². The summed E-state index contributed by atoms with van der Waals surface area (Å²) in [5.74, 6) is 0.257. The Bertz CT molecular complexity index is 426. The van der Waals surface area contributed by atoms with Crippen molar-refractivity contribution in [1.29, 1.82) is 0 Å². The van der Waals surface area contributed by atoms with E-state index in [2.05, 4.69) is 0 Å². The zero-order chi connectivity index (χ0) is 15.8. The third-order valence-electron chi connectivity index (χ3n) is 5.69. The van der Waals surface area contributed by atoms with Gasteiger partial charge in [-0.05, 0) is 37.5 Å². The predicted molar refractivity (Wildman–Crippen MR) is 81.5 cm³/mol. The quantitative estimate of drug-likeness (QED) is 0.507. The molecular weight excluding hydrogens is 296 g/mol. The Morgan fingerprint density at radius 2 is 1.22 bits per heavy atom. The highest BCUT2D eigenvalue weighted by molar-refractivity contribution is 5.82. The molecule has 3 saturated carbocycles. The normalized spacial score (nSPS) is 35.3. The number of carbonyl (C=O) groups excluding carboxylic acids is 2. The molecule has 128 valence electrons. The summed E-state index contributed by atoms with van der Waals surface area (Å²) in [7, 11) is 0. The van der Waals surface area contributed by atoms with Gasteiger partial charge in [0.25, 0.3) is 0 Å². The van der Waals surface area contributed by atoms with Gasteiger partial charge in [0.1, 0.15) is 0 Å². The monoisotopic (exact) mass is 322 g/mol. The maximum Gasteiger partial charge on any atom is 0.309 e. The Morgan fingerprint density at radius 1 is 0.783 bits per heavy atom. The van der Waals surface area contributed by atoms with Crippen LogP contribution in [0, 0.1) is 23.7 Å². The predicted octanol–water partition coefficient (Wildman–Crippen LogP) is 2.47. The minimum atomic E-state index is -0.383. The van der Waals surface area contributed by atoms with E-state index in [-0.39, 0.29) is 36.0 Å². The van der Waals surface area contributed by atoms with Crippen LogP contribution in [0.4, 0.5) is 0 Å². The lowest BCUT2D eigenvalue weighted by molar-refractivity contribution is -0.162. The first kappa shape index (κ1) is 15.4. The molecule has 0 amide bonds. The molecule has 0 N–H and O–H groups in total. The van der Waals surface area contributed by atoms with Crippen molar-refractivity contribution in [2.24, 2.45) is 23.7 Å². The number of epoxide rings is 1. The standard InChI is InChI=1S/C18H26O5/c19-17(21-7-5-11-1-2-11)13-9-15-16(23-15)10-14(13)18(20)22-8-6-12-3-4-12/h11-16H,1-10H2. The molecule has 1 saturated heterocycles. The van der Waals surface area contributed by atoms with Crippen LogP contribution in [-0.4, -0.2) is 37.4 Å². The van der Waals surface area contributed by atoms with E-state index in [4.69, 9.17) is 14.2 Å². The summed E-state index contributed by atoms with van der Waals surface area (Å²) in [6.07, 6.45) is 8.45. The van der Waals surface area contributed by atoms with Crippen molar-refractivity contribution in [3.63, 3.8) is 0 Å². The van der Waals surface area contributed by atoms with E-state index in [9.17, 15) is 9.59 Å². The van der Waals surface area contributed by atoms with E-state index in [1.54, 1.807) is 0 Å². The van der Waals surface area contributed by atoms with Gasteiger partial charge < -0.3 is 14.2 Å². The van der Waals surface area contributed by atoms with Gasteiger partial charge >= 0.3 is 11.9 Å². The molecule has 4 fully saturated rings. The number of esters is 2. The summed E-state index contributed by atoms with van der Waals surface area (Å²) in [6.45, 7) is 0.969. The van der Waals surface area contributed by atoms with Gasteiger partial charge in [0.15, 0.2) is 0 Å². The maximum absolute atomic E-state index is 12.4. The van der Waals surface area contributed by atoms with Crippen molar-refractivity contribution in [1.82, 2.24) is 0 Å². The number of ether oxygens (including phenoxy) is 3. The molecule has 3 aliphatic carbocycles. The van der Waals surface area contributed by atoms with Crippen LogP contribution in [0.15, 0.2) is 0 Å². The molecule has 1 aliphatic heterocycles. The molecule has 0 aromatic rings. The number of hydrogen-bond acceptors (Lipinski definition) is 5. The Balaban J connectivity index is 1.28. The van der Waals surface area contributed by atoms with Crippen LogP contribution in [0.1, 0.15) is 51.4 Å². The highest BCUT2D eigenvalue weighted by Crippen LogP contribution is 2.44. The second-order valence-electron chi connectivity index (χ2n) is 7.70. The summed E-state index contributed by atoms with van der Waals surface area (Å²) >= 11 is 0. The highest BCUT2D eigenvalue weighted by atomic mass is 16.6. The van der Waals surface area contributed by atoms with E-state index >= 15 is 0 Å². The fourth-order valence-corrected chi connectivity index (χ4v) is 3.62. The van der Waals surface area contributed by atoms with E-state index in [0.29, 0.717) is 26.1 Å². The Morgan fingerprint density at radius 3 is 1.61 bits per heavy atom. The van der Waals surface area contributed by atoms with Crippen molar-refractivity contribution in [3.8, 4) is 0 Å². The SMILES string of the molecule is O=C(OCCC1CC1)C1CC2OC2CC1C(=O)OCCC1CC1. The van der Waals surface area contributed by atoms with Gasteiger partial charge in [0, 0.05) is 0 Å². The topological polar surface area (TPSA) is 65.1 Å². The molecular formula is C18H26O5. The van der Waals surface area contributed by atoms with E-state index in [0.717, 1.165) is 24.7 Å². The fourth-order valence-electron chi connectivity index (χ4n) is 3.62. The van der Waals surface area contributed by atoms with E-state index < -0.39 is 0 Å². The minimum absolute atomic E-state index is 0.145. The van der Waals surface area contributed by atoms with E-state index in [1.165, 1.54) is 25.7 Å². The number of carbonyl (C=O) groups is 2. The third kappa shape index (κ3) is 4.06. The van der Waals surface area contributed by atoms with E-state index in [1.807, 2.05) is 0 Å². The first-order valence-electron chi connectivity index (χ1n) is 9.19. The van der Waals surface area contributed by atoms with Gasteiger partial charge in [-0.3, -0.25) is 9.59 Å². The molecule has 0 spiro atoms. The van der Waals surface area contributed by atoms with Crippen molar-refractivity contribution in [2.45, 2.75) is 63.6 Å². The average molecular weight is 322 g/mol. The van der Waals surface area contributed by atoms with Gasteiger partial charge in [0.2, 0.25) is 0 Å². The van der Waals surface area contributed by atoms with Crippen LogP contribution in [0.3, 0.4) is 0 Å².